The fourth-order valence-corrected chi connectivity index (χ4v) is 2.76. The lowest BCUT2D eigenvalue weighted by atomic mass is 9.92. The Bertz CT molecular complexity index is 556. The monoisotopic (exact) mass is 314 g/mol. The van der Waals surface area contributed by atoms with E-state index in [1.54, 1.807) is 32.0 Å². The molecule has 0 aliphatic carbocycles. The van der Waals surface area contributed by atoms with Crippen LogP contribution in [0.15, 0.2) is 18.2 Å². The van der Waals surface area contributed by atoms with E-state index in [0.717, 1.165) is 0 Å². The van der Waals surface area contributed by atoms with Crippen LogP contribution in [0.4, 0.5) is 5.69 Å². The normalized spacial score (nSPS) is 26.6. The zero-order valence-electron chi connectivity index (χ0n) is 11.5. The topological polar surface area (TPSA) is 49.4 Å². The molecule has 4 nitrogen and oxygen atoms in total. The molecule has 1 aromatic carbocycles. The smallest absolute Gasteiger partial charge is 0.253 e. The molecule has 2 amide bonds. The Morgan fingerprint density at radius 2 is 1.80 bits per heavy atom. The number of benzene rings is 1. The van der Waals surface area contributed by atoms with Crippen LogP contribution in [-0.2, 0) is 9.59 Å². The largest absolute Gasteiger partial charge is 0.340 e. The number of hydrogen-bond acceptors (Lipinski definition) is 2. The number of carbonyl (C=O) groups is 2. The van der Waals surface area contributed by atoms with Crippen LogP contribution in [0, 0.1) is 0 Å². The van der Waals surface area contributed by atoms with Crippen LogP contribution in [0.1, 0.15) is 27.2 Å². The van der Waals surface area contributed by atoms with Crippen LogP contribution in [0.3, 0.4) is 0 Å². The van der Waals surface area contributed by atoms with Gasteiger partial charge in [-0.3, -0.25) is 14.5 Å². The number of hydrogen-bond donors (Lipinski definition) is 1. The summed E-state index contributed by atoms with van der Waals surface area (Å²) in [6.45, 7) is 5.26. The van der Waals surface area contributed by atoms with E-state index in [1.165, 1.54) is 4.90 Å². The lowest BCUT2D eigenvalue weighted by Gasteiger charge is -2.43. The predicted octanol–water partition coefficient (Wildman–Crippen LogP) is 3.01. The lowest BCUT2D eigenvalue weighted by molar-refractivity contribution is -0.137. The summed E-state index contributed by atoms with van der Waals surface area (Å²) < 4.78 is 0. The fourth-order valence-electron chi connectivity index (χ4n) is 2.25. The molecule has 0 bridgehead atoms. The number of piperazine rings is 1. The quantitative estimate of drug-likeness (QED) is 0.912. The van der Waals surface area contributed by atoms with Crippen molar-refractivity contribution in [2.45, 2.75) is 38.8 Å². The third kappa shape index (κ3) is 2.50. The first kappa shape index (κ1) is 15.1. The van der Waals surface area contributed by atoms with Crippen LogP contribution >= 0.6 is 23.2 Å². The molecule has 1 saturated heterocycles. The maximum Gasteiger partial charge on any atom is 0.253 e. The molecule has 0 saturated carbocycles. The summed E-state index contributed by atoms with van der Waals surface area (Å²) in [4.78, 5) is 26.2. The number of amides is 2. The van der Waals surface area contributed by atoms with Crippen molar-refractivity contribution >= 4 is 40.7 Å². The molecule has 1 aliphatic heterocycles. The van der Waals surface area contributed by atoms with Crippen molar-refractivity contribution in [2.24, 2.45) is 0 Å². The van der Waals surface area contributed by atoms with E-state index in [4.69, 9.17) is 23.2 Å². The second kappa shape index (κ2) is 5.26. The number of halogens is 2. The summed E-state index contributed by atoms with van der Waals surface area (Å²) in [5.41, 5.74) is -0.368. The zero-order valence-corrected chi connectivity index (χ0v) is 13.0. The first-order chi connectivity index (χ1) is 9.28. The minimum Gasteiger partial charge on any atom is -0.340 e. The molecular weight excluding hydrogens is 299 g/mol. The highest BCUT2D eigenvalue weighted by atomic mass is 35.5. The third-order valence-corrected chi connectivity index (χ3v) is 4.13. The summed E-state index contributed by atoms with van der Waals surface area (Å²) in [5.74, 6) is -0.351. The number of nitrogens with zero attached hydrogens (tertiary/aromatic N) is 1. The highest BCUT2D eigenvalue weighted by molar-refractivity contribution is 6.35. The Morgan fingerprint density at radius 3 is 2.30 bits per heavy atom. The molecular formula is C14H16Cl2N2O2. The number of nitrogens with one attached hydrogen (secondary N) is 1. The molecule has 2 rings (SSSR count). The minimum atomic E-state index is -0.904. The summed E-state index contributed by atoms with van der Waals surface area (Å²) in [6.07, 6.45) is 0.509. The number of carbonyl (C=O) groups excluding carboxylic acids is 2. The molecule has 1 aromatic rings. The molecule has 0 radical (unpaired) electrons. The average Bonchev–Trinajstić information content (AvgIpc) is 2.36. The van der Waals surface area contributed by atoms with E-state index in [2.05, 4.69) is 5.32 Å². The van der Waals surface area contributed by atoms with Gasteiger partial charge in [-0.25, -0.2) is 0 Å². The minimum absolute atomic E-state index is 0.162. The summed E-state index contributed by atoms with van der Waals surface area (Å²) >= 11 is 12.0. The molecule has 108 valence electrons. The van der Waals surface area contributed by atoms with Crippen LogP contribution in [0.5, 0.6) is 0 Å². The molecule has 0 spiro atoms. The van der Waals surface area contributed by atoms with E-state index >= 15 is 0 Å². The molecule has 0 aromatic heterocycles. The maximum atomic E-state index is 12.7. The molecule has 1 aliphatic rings. The van der Waals surface area contributed by atoms with Gasteiger partial charge in [0.05, 0.1) is 0 Å². The van der Waals surface area contributed by atoms with Crippen molar-refractivity contribution in [3.8, 4) is 0 Å². The molecule has 1 N–H and O–H groups in total. The van der Waals surface area contributed by atoms with Gasteiger partial charge in [-0.05, 0) is 38.5 Å². The van der Waals surface area contributed by atoms with Crippen LogP contribution < -0.4 is 10.2 Å². The van der Waals surface area contributed by atoms with Crippen LogP contribution in [0.2, 0.25) is 10.0 Å². The molecule has 1 fully saturated rings. The van der Waals surface area contributed by atoms with Gasteiger partial charge in [-0.1, -0.05) is 30.1 Å². The molecule has 20 heavy (non-hydrogen) atoms. The first-order valence-electron chi connectivity index (χ1n) is 6.40. The Balaban J connectivity index is 2.51. The van der Waals surface area contributed by atoms with Crippen molar-refractivity contribution in [1.29, 1.82) is 0 Å². The van der Waals surface area contributed by atoms with Gasteiger partial charge in [-0.15, -0.1) is 0 Å². The van der Waals surface area contributed by atoms with Crippen molar-refractivity contribution < 1.29 is 9.59 Å². The summed E-state index contributed by atoms with van der Waals surface area (Å²) in [6, 6.07) is 4.26. The van der Waals surface area contributed by atoms with Gasteiger partial charge in [0.2, 0.25) is 5.91 Å². The molecule has 1 heterocycles. The van der Waals surface area contributed by atoms with Gasteiger partial charge in [0.15, 0.2) is 0 Å². The van der Waals surface area contributed by atoms with Gasteiger partial charge in [0, 0.05) is 15.7 Å². The zero-order chi connectivity index (χ0) is 15.1. The van der Waals surface area contributed by atoms with Crippen molar-refractivity contribution in [3.63, 3.8) is 0 Å². The molecule has 2 atom stereocenters. The third-order valence-electron chi connectivity index (χ3n) is 3.69. The Morgan fingerprint density at radius 1 is 1.25 bits per heavy atom. The second-order valence-corrected chi connectivity index (χ2v) is 6.03. The standard InChI is InChI=1S/C14H16Cl2N2O2/c1-4-14(3)13(20)18(8(2)12(19)17-14)11-6-9(15)5-10(16)7-11/h5-8H,4H2,1-3H3,(H,17,19). The Hall–Kier alpha value is -1.26. The van der Waals surface area contributed by atoms with E-state index in [-0.39, 0.29) is 11.8 Å². The lowest BCUT2D eigenvalue weighted by Crippen LogP contribution is -2.68. The fraction of sp³-hybridized carbons (Fsp3) is 0.429. The number of rotatable bonds is 2. The summed E-state index contributed by atoms with van der Waals surface area (Å²) in [5, 5.41) is 3.63. The number of anilines is 1. The predicted molar refractivity (Wildman–Crippen MR) is 80.2 cm³/mol. The van der Waals surface area contributed by atoms with Gasteiger partial charge >= 0.3 is 0 Å². The van der Waals surface area contributed by atoms with E-state index in [1.807, 2.05) is 6.92 Å². The highest BCUT2D eigenvalue weighted by Crippen LogP contribution is 2.31. The summed E-state index contributed by atoms with van der Waals surface area (Å²) in [7, 11) is 0. The van der Waals surface area contributed by atoms with Crippen LogP contribution in [-0.4, -0.2) is 23.4 Å². The molecule has 6 heteroatoms. The second-order valence-electron chi connectivity index (χ2n) is 5.15. The van der Waals surface area contributed by atoms with Crippen molar-refractivity contribution in [2.75, 3.05) is 4.90 Å². The average molecular weight is 315 g/mol. The Labute approximate surface area is 128 Å². The maximum absolute atomic E-state index is 12.7. The van der Waals surface area contributed by atoms with Gasteiger partial charge in [0.1, 0.15) is 11.6 Å². The first-order valence-corrected chi connectivity index (χ1v) is 7.16. The van der Waals surface area contributed by atoms with E-state index < -0.39 is 11.6 Å². The van der Waals surface area contributed by atoms with Gasteiger partial charge in [0.25, 0.3) is 5.91 Å². The van der Waals surface area contributed by atoms with Gasteiger partial charge in [-0.2, -0.15) is 0 Å². The molecule has 2 unspecified atom stereocenters. The van der Waals surface area contributed by atoms with Crippen molar-refractivity contribution in [3.05, 3.63) is 28.2 Å². The van der Waals surface area contributed by atoms with Crippen LogP contribution in [0.25, 0.3) is 0 Å². The van der Waals surface area contributed by atoms with Crippen molar-refractivity contribution in [1.82, 2.24) is 5.32 Å². The van der Waals surface area contributed by atoms with E-state index in [0.29, 0.717) is 22.2 Å². The SMILES string of the molecule is CCC1(C)NC(=O)C(C)N(c2cc(Cl)cc(Cl)c2)C1=O. The van der Waals surface area contributed by atoms with E-state index in [9.17, 15) is 9.59 Å². The van der Waals surface area contributed by atoms with Gasteiger partial charge < -0.3 is 5.32 Å². The Kier molecular flexibility index (Phi) is 3.98. The highest BCUT2D eigenvalue weighted by Gasteiger charge is 2.46.